The van der Waals surface area contributed by atoms with Gasteiger partial charge in [0.1, 0.15) is 0 Å². The Kier molecular flexibility index (Phi) is 5.59. The molecule has 1 aliphatic heterocycles. The zero-order valence-electron chi connectivity index (χ0n) is 14.1. The molecule has 2 aromatic heterocycles. The van der Waals surface area contributed by atoms with E-state index in [-0.39, 0.29) is 12.0 Å². The molecule has 0 bridgehead atoms. The number of nitrogens with zero attached hydrogens (tertiary/aromatic N) is 4. The highest BCUT2D eigenvalue weighted by Crippen LogP contribution is 2.16. The van der Waals surface area contributed by atoms with Crippen LogP contribution in [0.25, 0.3) is 0 Å². The number of piperidine rings is 1. The predicted octanol–water partition coefficient (Wildman–Crippen LogP) is 1.96. The van der Waals surface area contributed by atoms with Gasteiger partial charge in [0.25, 0.3) is 0 Å². The van der Waals surface area contributed by atoms with E-state index in [0.29, 0.717) is 19.6 Å². The van der Waals surface area contributed by atoms with Crippen molar-refractivity contribution in [3.8, 4) is 0 Å². The first-order valence-corrected chi connectivity index (χ1v) is 8.48. The molecule has 3 rings (SSSR count). The van der Waals surface area contributed by atoms with Crippen molar-refractivity contribution in [1.82, 2.24) is 19.7 Å². The topological polar surface area (TPSA) is 60.2 Å². The van der Waals surface area contributed by atoms with Gasteiger partial charge in [0.2, 0.25) is 5.91 Å². The average molecular weight is 328 g/mol. The van der Waals surface area contributed by atoms with E-state index in [2.05, 4.69) is 10.1 Å². The van der Waals surface area contributed by atoms with Crippen molar-refractivity contribution in [1.29, 1.82) is 0 Å². The second kappa shape index (κ2) is 8.06. The lowest BCUT2D eigenvalue weighted by Gasteiger charge is -2.32. The van der Waals surface area contributed by atoms with Crippen molar-refractivity contribution >= 4 is 5.91 Å². The third kappa shape index (κ3) is 4.41. The molecule has 0 radical (unpaired) electrons. The monoisotopic (exact) mass is 328 g/mol. The summed E-state index contributed by atoms with van der Waals surface area (Å²) in [7, 11) is 1.90. The van der Waals surface area contributed by atoms with E-state index in [9.17, 15) is 4.79 Å². The molecule has 1 saturated heterocycles. The van der Waals surface area contributed by atoms with E-state index < -0.39 is 0 Å². The van der Waals surface area contributed by atoms with Gasteiger partial charge in [0, 0.05) is 44.6 Å². The number of amides is 1. The van der Waals surface area contributed by atoms with Gasteiger partial charge in [-0.2, -0.15) is 5.10 Å². The Morgan fingerprint density at radius 3 is 3.00 bits per heavy atom. The zero-order chi connectivity index (χ0) is 16.8. The molecule has 6 nitrogen and oxygen atoms in total. The standard InChI is InChI=1S/C18H24N4O2/c1-21-16(9-11-20-21)7-8-18(23)22-12-4-6-17(13-22)24-14-15-5-2-3-10-19-15/h2-3,5,9-11,17H,4,6-8,12-14H2,1H3. The maximum atomic E-state index is 12.5. The van der Waals surface area contributed by atoms with Crippen LogP contribution in [0.3, 0.4) is 0 Å². The van der Waals surface area contributed by atoms with Gasteiger partial charge in [-0.3, -0.25) is 14.5 Å². The fourth-order valence-electron chi connectivity index (χ4n) is 3.03. The van der Waals surface area contributed by atoms with E-state index in [1.807, 2.05) is 40.9 Å². The minimum Gasteiger partial charge on any atom is -0.370 e. The van der Waals surface area contributed by atoms with Gasteiger partial charge in [-0.05, 0) is 37.5 Å². The summed E-state index contributed by atoms with van der Waals surface area (Å²) in [4.78, 5) is 18.7. The lowest BCUT2D eigenvalue weighted by atomic mass is 10.1. The Morgan fingerprint density at radius 1 is 1.33 bits per heavy atom. The number of rotatable bonds is 6. The smallest absolute Gasteiger partial charge is 0.223 e. The first-order valence-electron chi connectivity index (χ1n) is 8.48. The molecule has 0 N–H and O–H groups in total. The van der Waals surface area contributed by atoms with Crippen LogP contribution in [0.1, 0.15) is 30.7 Å². The molecule has 3 heterocycles. The van der Waals surface area contributed by atoms with E-state index in [0.717, 1.165) is 37.2 Å². The van der Waals surface area contributed by atoms with Gasteiger partial charge < -0.3 is 9.64 Å². The number of aryl methyl sites for hydroxylation is 2. The van der Waals surface area contributed by atoms with Crippen LogP contribution in [0.15, 0.2) is 36.7 Å². The van der Waals surface area contributed by atoms with E-state index in [1.165, 1.54) is 0 Å². The van der Waals surface area contributed by atoms with Gasteiger partial charge in [0.05, 0.1) is 18.4 Å². The number of carbonyl (C=O) groups is 1. The lowest BCUT2D eigenvalue weighted by molar-refractivity contribution is -0.135. The molecule has 1 atom stereocenters. The molecule has 0 aliphatic carbocycles. The first-order chi connectivity index (χ1) is 11.7. The largest absolute Gasteiger partial charge is 0.370 e. The molecular formula is C18H24N4O2. The summed E-state index contributed by atoms with van der Waals surface area (Å²) in [6.45, 7) is 2.01. The Bertz CT molecular complexity index is 656. The second-order valence-electron chi connectivity index (χ2n) is 6.18. The number of ether oxygens (including phenoxy) is 1. The van der Waals surface area contributed by atoms with Gasteiger partial charge in [-0.1, -0.05) is 6.07 Å². The van der Waals surface area contributed by atoms with Crippen molar-refractivity contribution in [2.75, 3.05) is 13.1 Å². The van der Waals surface area contributed by atoms with Gasteiger partial charge in [0.15, 0.2) is 0 Å². The third-order valence-electron chi connectivity index (χ3n) is 4.44. The van der Waals surface area contributed by atoms with Crippen LogP contribution in [-0.4, -0.2) is 44.8 Å². The number of likely N-dealkylation sites (tertiary alicyclic amines) is 1. The summed E-state index contributed by atoms with van der Waals surface area (Å²) in [5.41, 5.74) is 2.01. The summed E-state index contributed by atoms with van der Waals surface area (Å²) in [5.74, 6) is 0.197. The molecule has 0 aromatic carbocycles. The van der Waals surface area contributed by atoms with Crippen molar-refractivity contribution in [3.05, 3.63) is 48.0 Å². The molecular weight excluding hydrogens is 304 g/mol. The molecule has 24 heavy (non-hydrogen) atoms. The molecule has 128 valence electrons. The van der Waals surface area contributed by atoms with Gasteiger partial charge in [-0.15, -0.1) is 0 Å². The number of aromatic nitrogens is 3. The SMILES string of the molecule is Cn1nccc1CCC(=O)N1CCCC(OCc2ccccn2)C1. The minimum atomic E-state index is 0.0985. The molecule has 6 heteroatoms. The first kappa shape index (κ1) is 16.6. The normalized spacial score (nSPS) is 17.9. The number of pyridine rings is 1. The molecule has 0 spiro atoms. The van der Waals surface area contributed by atoms with Crippen molar-refractivity contribution in [2.45, 2.75) is 38.4 Å². The summed E-state index contributed by atoms with van der Waals surface area (Å²) >= 11 is 0. The maximum absolute atomic E-state index is 12.5. The number of hydrogen-bond donors (Lipinski definition) is 0. The summed E-state index contributed by atoms with van der Waals surface area (Å²) in [5, 5.41) is 4.14. The van der Waals surface area contributed by atoms with Crippen LogP contribution < -0.4 is 0 Å². The van der Waals surface area contributed by atoms with Crippen LogP contribution in [0.5, 0.6) is 0 Å². The van der Waals surface area contributed by atoms with Crippen molar-refractivity contribution < 1.29 is 9.53 Å². The van der Waals surface area contributed by atoms with E-state index in [1.54, 1.807) is 12.4 Å². The van der Waals surface area contributed by atoms with Crippen LogP contribution in [-0.2, 0) is 29.6 Å². The highest BCUT2D eigenvalue weighted by Gasteiger charge is 2.24. The Morgan fingerprint density at radius 2 is 2.25 bits per heavy atom. The fraction of sp³-hybridized carbons (Fsp3) is 0.500. The van der Waals surface area contributed by atoms with E-state index in [4.69, 9.17) is 4.74 Å². The summed E-state index contributed by atoms with van der Waals surface area (Å²) < 4.78 is 7.77. The molecule has 1 aliphatic rings. The van der Waals surface area contributed by atoms with Crippen LogP contribution in [0.2, 0.25) is 0 Å². The summed E-state index contributed by atoms with van der Waals surface area (Å²) in [6.07, 6.45) is 6.87. The number of carbonyl (C=O) groups excluding carboxylic acids is 1. The Balaban J connectivity index is 1.46. The second-order valence-corrected chi connectivity index (χ2v) is 6.18. The molecule has 1 amide bonds. The predicted molar refractivity (Wildman–Crippen MR) is 90.2 cm³/mol. The minimum absolute atomic E-state index is 0.0985. The highest BCUT2D eigenvalue weighted by molar-refractivity contribution is 5.76. The Labute approximate surface area is 142 Å². The van der Waals surface area contributed by atoms with Crippen LogP contribution in [0.4, 0.5) is 0 Å². The van der Waals surface area contributed by atoms with Crippen molar-refractivity contribution in [3.63, 3.8) is 0 Å². The van der Waals surface area contributed by atoms with Gasteiger partial charge in [-0.25, -0.2) is 0 Å². The third-order valence-corrected chi connectivity index (χ3v) is 4.44. The average Bonchev–Trinajstić information content (AvgIpc) is 3.04. The summed E-state index contributed by atoms with van der Waals surface area (Å²) in [6, 6.07) is 7.77. The quantitative estimate of drug-likeness (QED) is 0.813. The fourth-order valence-corrected chi connectivity index (χ4v) is 3.03. The van der Waals surface area contributed by atoms with Crippen LogP contribution in [0, 0.1) is 0 Å². The molecule has 0 saturated carbocycles. The van der Waals surface area contributed by atoms with Gasteiger partial charge >= 0.3 is 0 Å². The highest BCUT2D eigenvalue weighted by atomic mass is 16.5. The molecule has 1 fully saturated rings. The number of hydrogen-bond acceptors (Lipinski definition) is 4. The maximum Gasteiger partial charge on any atom is 0.223 e. The molecule has 2 aromatic rings. The van der Waals surface area contributed by atoms with Crippen LogP contribution >= 0.6 is 0 Å². The Hall–Kier alpha value is -2.21. The van der Waals surface area contributed by atoms with E-state index >= 15 is 0 Å². The zero-order valence-corrected chi connectivity index (χ0v) is 14.1. The van der Waals surface area contributed by atoms with Crippen molar-refractivity contribution in [2.24, 2.45) is 7.05 Å². The lowest BCUT2D eigenvalue weighted by Crippen LogP contribution is -2.43. The molecule has 1 unspecified atom stereocenters.